The second-order valence-corrected chi connectivity index (χ2v) is 12.0. The Morgan fingerprint density at radius 3 is 2.41 bits per heavy atom. The first-order valence-electron chi connectivity index (χ1n) is 12.2. The Morgan fingerprint density at radius 1 is 1.05 bits per heavy atom. The Kier molecular flexibility index (Phi) is 7.28. The van der Waals surface area contributed by atoms with Crippen molar-refractivity contribution < 1.29 is 13.2 Å². The van der Waals surface area contributed by atoms with Gasteiger partial charge < -0.3 is 19.5 Å². The molecule has 8 nitrogen and oxygen atoms in total. The number of benzene rings is 2. The maximum atomic E-state index is 12.1. The zero-order valence-electron chi connectivity index (χ0n) is 21.8. The number of aryl methyl sites for hydroxylation is 1. The zero-order valence-corrected chi connectivity index (χ0v) is 24.2. The monoisotopic (exact) mass is 581 g/mol. The summed E-state index contributed by atoms with van der Waals surface area (Å²) in [5, 5.41) is 4.64. The van der Waals surface area contributed by atoms with Gasteiger partial charge in [-0.2, -0.15) is 0 Å². The van der Waals surface area contributed by atoms with Crippen molar-refractivity contribution in [3.8, 4) is 11.4 Å². The van der Waals surface area contributed by atoms with E-state index in [1.807, 2.05) is 53.4 Å². The van der Waals surface area contributed by atoms with E-state index in [9.17, 15) is 8.42 Å². The van der Waals surface area contributed by atoms with Crippen molar-refractivity contribution in [3.05, 3.63) is 101 Å². The van der Waals surface area contributed by atoms with Gasteiger partial charge in [-0.15, -0.1) is 0 Å². The van der Waals surface area contributed by atoms with Gasteiger partial charge in [0.15, 0.2) is 5.11 Å². The molecule has 0 aliphatic carbocycles. The molecule has 4 aromatic rings. The molecule has 2 N–H and O–H groups in total. The van der Waals surface area contributed by atoms with E-state index < -0.39 is 10.0 Å². The molecule has 11 heteroatoms. The van der Waals surface area contributed by atoms with Crippen molar-refractivity contribution in [2.24, 2.45) is 0 Å². The van der Waals surface area contributed by atoms with E-state index >= 15 is 0 Å². The molecule has 1 aliphatic heterocycles. The fourth-order valence-corrected chi connectivity index (χ4v) is 6.18. The Hall–Kier alpha value is -3.60. The van der Waals surface area contributed by atoms with Crippen molar-refractivity contribution in [2.45, 2.75) is 25.9 Å². The fraction of sp³-hybridized carbons (Fsp3) is 0.214. The van der Waals surface area contributed by atoms with E-state index in [1.165, 1.54) is 7.11 Å². The predicted molar refractivity (Wildman–Crippen MR) is 160 cm³/mol. The Morgan fingerprint density at radius 2 is 1.77 bits per heavy atom. The van der Waals surface area contributed by atoms with Crippen LogP contribution in [0.5, 0.6) is 5.75 Å². The summed E-state index contributed by atoms with van der Waals surface area (Å²) in [6.07, 6.45) is 2.87. The summed E-state index contributed by atoms with van der Waals surface area (Å²) in [5.41, 5.74) is 6.02. The van der Waals surface area contributed by atoms with Crippen LogP contribution >= 0.6 is 23.8 Å². The number of methoxy groups -OCH3 is 1. The molecule has 0 spiro atoms. The van der Waals surface area contributed by atoms with Crippen LogP contribution in [0, 0.1) is 13.8 Å². The number of ether oxygens (including phenoxy) is 1. The topological polar surface area (TPSA) is 88.5 Å². The molecular weight excluding hydrogens is 554 g/mol. The van der Waals surface area contributed by atoms with Gasteiger partial charge in [0.1, 0.15) is 5.75 Å². The largest absolute Gasteiger partial charge is 0.495 e. The highest BCUT2D eigenvalue weighted by Gasteiger charge is 2.42. The number of aromatic nitrogens is 2. The van der Waals surface area contributed by atoms with Crippen molar-refractivity contribution in [2.75, 3.05) is 23.0 Å². The summed E-state index contributed by atoms with van der Waals surface area (Å²) in [6.45, 7) is 4.14. The average Bonchev–Trinajstić information content (AvgIpc) is 3.39. The smallest absolute Gasteiger partial charge is 0.229 e. The number of halogens is 1. The SMILES string of the molecule is COc1ccc(N2C(=S)N[C@@H](c3ccccn3)[C@H]2c2cc(C)n(-c3ccc(Cl)cc3)c2C)cc1NS(C)(=O)=O. The predicted octanol–water partition coefficient (Wildman–Crippen LogP) is 5.70. The molecule has 0 saturated carbocycles. The molecule has 1 saturated heterocycles. The number of rotatable bonds is 7. The molecule has 0 radical (unpaired) electrons. The Labute approximate surface area is 238 Å². The number of hydrogen-bond donors (Lipinski definition) is 2. The first kappa shape index (κ1) is 27.0. The second kappa shape index (κ2) is 10.5. The molecular formula is C28H28ClN5O3S2. The third-order valence-electron chi connectivity index (χ3n) is 6.73. The van der Waals surface area contributed by atoms with Crippen molar-refractivity contribution in [3.63, 3.8) is 0 Å². The molecule has 39 heavy (non-hydrogen) atoms. The highest BCUT2D eigenvalue weighted by Crippen LogP contribution is 2.45. The minimum Gasteiger partial charge on any atom is -0.495 e. The summed E-state index contributed by atoms with van der Waals surface area (Å²) in [4.78, 5) is 6.65. The molecule has 1 fully saturated rings. The average molecular weight is 582 g/mol. The van der Waals surface area contributed by atoms with Gasteiger partial charge in [-0.3, -0.25) is 9.71 Å². The van der Waals surface area contributed by atoms with Crippen LogP contribution in [0.15, 0.2) is 72.9 Å². The van der Waals surface area contributed by atoms with Crippen LogP contribution in [0.3, 0.4) is 0 Å². The standard InChI is InChI=1S/C28H28ClN5O3S2/c1-17-15-22(18(2)33(17)20-10-8-19(29)9-11-20)27-26(23-7-5-6-14-30-23)31-28(38)34(27)21-12-13-25(37-3)24(16-21)32-39(4,35)36/h5-16,26-27,32H,1-4H3,(H,31,38)/t26-,27+/m0/s1. The number of anilines is 2. The number of nitrogens with one attached hydrogen (secondary N) is 2. The van der Waals surface area contributed by atoms with Crippen LogP contribution in [0.1, 0.15) is 34.7 Å². The van der Waals surface area contributed by atoms with Crippen LogP contribution in [-0.4, -0.2) is 36.4 Å². The third kappa shape index (κ3) is 5.32. The molecule has 202 valence electrons. The third-order valence-corrected chi connectivity index (χ3v) is 7.89. The maximum absolute atomic E-state index is 12.1. The Bertz CT molecular complexity index is 1640. The van der Waals surface area contributed by atoms with Crippen LogP contribution in [0.4, 0.5) is 11.4 Å². The number of thiocarbonyl (C=S) groups is 1. The number of pyridine rings is 1. The van der Waals surface area contributed by atoms with Gasteiger partial charge in [0, 0.05) is 34.0 Å². The maximum Gasteiger partial charge on any atom is 0.229 e. The molecule has 2 aromatic carbocycles. The Balaban J connectivity index is 1.68. The van der Waals surface area contributed by atoms with Crippen molar-refractivity contribution in [1.29, 1.82) is 0 Å². The van der Waals surface area contributed by atoms with Gasteiger partial charge in [0.2, 0.25) is 10.0 Å². The van der Waals surface area contributed by atoms with E-state index in [-0.39, 0.29) is 12.1 Å². The lowest BCUT2D eigenvalue weighted by atomic mass is 9.96. The van der Waals surface area contributed by atoms with Gasteiger partial charge in [-0.05, 0) is 92.3 Å². The molecule has 0 unspecified atom stereocenters. The van der Waals surface area contributed by atoms with E-state index in [2.05, 4.69) is 39.5 Å². The summed E-state index contributed by atoms with van der Waals surface area (Å²) in [7, 11) is -2.05. The van der Waals surface area contributed by atoms with Crippen molar-refractivity contribution >= 4 is 50.3 Å². The molecule has 2 aromatic heterocycles. The minimum absolute atomic E-state index is 0.258. The number of sulfonamides is 1. The lowest BCUT2D eigenvalue weighted by Gasteiger charge is -2.29. The summed E-state index contributed by atoms with van der Waals surface area (Å²) >= 11 is 12.0. The minimum atomic E-state index is -3.55. The van der Waals surface area contributed by atoms with Gasteiger partial charge in [0.25, 0.3) is 0 Å². The van der Waals surface area contributed by atoms with Crippen LogP contribution < -0.4 is 19.7 Å². The van der Waals surface area contributed by atoms with Crippen LogP contribution in [-0.2, 0) is 10.0 Å². The molecule has 3 heterocycles. The highest BCUT2D eigenvalue weighted by molar-refractivity contribution is 7.92. The first-order chi connectivity index (χ1) is 18.6. The van der Waals surface area contributed by atoms with E-state index in [1.54, 1.807) is 18.3 Å². The molecule has 0 amide bonds. The normalized spacial score (nSPS) is 17.3. The van der Waals surface area contributed by atoms with Gasteiger partial charge in [-0.25, -0.2) is 8.42 Å². The van der Waals surface area contributed by atoms with Crippen molar-refractivity contribution in [1.82, 2.24) is 14.9 Å². The fourth-order valence-electron chi connectivity index (χ4n) is 5.15. The van der Waals surface area contributed by atoms with E-state index in [0.29, 0.717) is 27.3 Å². The van der Waals surface area contributed by atoms with Crippen LogP contribution in [0.25, 0.3) is 5.69 Å². The highest BCUT2D eigenvalue weighted by atomic mass is 35.5. The van der Waals surface area contributed by atoms with Crippen LogP contribution in [0.2, 0.25) is 5.02 Å². The first-order valence-corrected chi connectivity index (χ1v) is 14.9. The van der Waals surface area contributed by atoms with Gasteiger partial charge in [-0.1, -0.05) is 17.7 Å². The van der Waals surface area contributed by atoms with Gasteiger partial charge in [0.05, 0.1) is 36.8 Å². The number of nitrogens with zero attached hydrogens (tertiary/aromatic N) is 3. The van der Waals surface area contributed by atoms with E-state index in [0.717, 1.165) is 34.6 Å². The zero-order chi connectivity index (χ0) is 27.9. The van der Waals surface area contributed by atoms with E-state index in [4.69, 9.17) is 28.6 Å². The summed E-state index contributed by atoms with van der Waals surface area (Å²) in [6, 6.07) is 20.5. The lowest BCUT2D eigenvalue weighted by Crippen LogP contribution is -2.29. The second-order valence-electron chi connectivity index (χ2n) is 9.39. The molecule has 1 aliphatic rings. The molecule has 2 atom stereocenters. The quantitative estimate of drug-likeness (QED) is 0.271. The summed E-state index contributed by atoms with van der Waals surface area (Å²) < 4.78 is 34.3. The lowest BCUT2D eigenvalue weighted by molar-refractivity contribution is 0.417. The summed E-state index contributed by atoms with van der Waals surface area (Å²) in [5.74, 6) is 0.404. The molecule has 5 rings (SSSR count). The number of hydrogen-bond acceptors (Lipinski definition) is 5. The van der Waals surface area contributed by atoms with Gasteiger partial charge >= 0.3 is 0 Å². The molecule has 0 bridgehead atoms.